The number of hydrogen-bond acceptors (Lipinski definition) is 4. The van der Waals surface area contributed by atoms with Crippen molar-refractivity contribution in [2.75, 3.05) is 18.5 Å². The lowest BCUT2D eigenvalue weighted by Gasteiger charge is -2.22. The summed E-state index contributed by atoms with van der Waals surface area (Å²) in [4.78, 5) is 12.2. The van der Waals surface area contributed by atoms with Crippen molar-refractivity contribution in [2.24, 2.45) is 0 Å². The standard InChI is InChI=1S/C13H19INO4P/c1-4-18-20(17,19-5-2)10(3)13(16)15-12-9-7-6-8-11(12)14/h6-10H,4-5H2,1-3H3,(H,15,16). The Kier molecular flexibility index (Phi) is 7.15. The van der Waals surface area contributed by atoms with Gasteiger partial charge >= 0.3 is 7.60 Å². The zero-order chi connectivity index (χ0) is 15.2. The SMILES string of the molecule is CCOP(=O)(OCC)C(C)C(=O)Nc1ccccc1I. The van der Waals surface area contributed by atoms with Gasteiger partial charge in [-0.3, -0.25) is 9.36 Å². The van der Waals surface area contributed by atoms with Crippen molar-refractivity contribution in [2.45, 2.75) is 26.4 Å². The van der Waals surface area contributed by atoms with E-state index in [0.717, 1.165) is 3.57 Å². The monoisotopic (exact) mass is 411 g/mol. The number of halogens is 1. The Morgan fingerprint density at radius 1 is 1.30 bits per heavy atom. The molecule has 0 spiro atoms. The van der Waals surface area contributed by atoms with Crippen molar-refractivity contribution in [3.05, 3.63) is 27.8 Å². The van der Waals surface area contributed by atoms with Crippen LogP contribution in [0.2, 0.25) is 0 Å². The highest BCUT2D eigenvalue weighted by Gasteiger charge is 2.37. The molecule has 7 heteroatoms. The molecule has 1 unspecified atom stereocenters. The summed E-state index contributed by atoms with van der Waals surface area (Å²) in [6.45, 7) is 5.46. The van der Waals surface area contributed by atoms with Gasteiger partial charge in [0.1, 0.15) is 5.66 Å². The number of benzene rings is 1. The molecule has 0 fully saturated rings. The Labute approximate surface area is 133 Å². The average molecular weight is 411 g/mol. The van der Waals surface area contributed by atoms with Gasteiger partial charge in [-0.25, -0.2) is 0 Å². The highest BCUT2D eigenvalue weighted by atomic mass is 127. The molecule has 1 aromatic carbocycles. The highest BCUT2D eigenvalue weighted by molar-refractivity contribution is 14.1. The number of anilines is 1. The number of hydrogen-bond donors (Lipinski definition) is 1. The summed E-state index contributed by atoms with van der Waals surface area (Å²) in [6, 6.07) is 7.38. The first-order chi connectivity index (χ1) is 9.44. The maximum atomic E-state index is 12.5. The minimum absolute atomic E-state index is 0.234. The Morgan fingerprint density at radius 2 is 1.85 bits per heavy atom. The molecule has 1 atom stereocenters. The minimum Gasteiger partial charge on any atom is -0.324 e. The molecule has 0 saturated carbocycles. The predicted octanol–water partition coefficient (Wildman–Crippen LogP) is 3.88. The molecule has 1 rings (SSSR count). The molecule has 5 nitrogen and oxygen atoms in total. The largest absolute Gasteiger partial charge is 0.342 e. The van der Waals surface area contributed by atoms with Gasteiger partial charge in [0, 0.05) is 3.57 Å². The summed E-state index contributed by atoms with van der Waals surface area (Å²) >= 11 is 2.13. The van der Waals surface area contributed by atoms with Gasteiger partial charge in [0.05, 0.1) is 18.9 Å². The highest BCUT2D eigenvalue weighted by Crippen LogP contribution is 2.53. The number of para-hydroxylation sites is 1. The van der Waals surface area contributed by atoms with Crippen LogP contribution in [0.4, 0.5) is 5.69 Å². The lowest BCUT2D eigenvalue weighted by molar-refractivity contribution is -0.116. The summed E-state index contributed by atoms with van der Waals surface area (Å²) in [6.07, 6.45) is 0. The van der Waals surface area contributed by atoms with Gasteiger partial charge in [-0.2, -0.15) is 0 Å². The number of nitrogens with one attached hydrogen (secondary N) is 1. The second-order valence-corrected chi connectivity index (χ2v) is 7.55. The maximum Gasteiger partial charge on any atom is 0.342 e. The third-order valence-electron chi connectivity index (χ3n) is 2.60. The Bertz CT molecular complexity index is 499. The van der Waals surface area contributed by atoms with Crippen LogP contribution in [-0.2, 0) is 18.4 Å². The van der Waals surface area contributed by atoms with Crippen molar-refractivity contribution in [1.82, 2.24) is 0 Å². The number of carbonyl (C=O) groups excluding carboxylic acids is 1. The summed E-state index contributed by atoms with van der Waals surface area (Å²) < 4.78 is 23.8. The molecule has 1 amide bonds. The van der Waals surface area contributed by atoms with E-state index in [1.54, 1.807) is 26.8 Å². The third-order valence-corrected chi connectivity index (χ3v) is 5.96. The third kappa shape index (κ3) is 4.55. The molecule has 1 N–H and O–H groups in total. The minimum atomic E-state index is -3.43. The van der Waals surface area contributed by atoms with Crippen molar-refractivity contribution < 1.29 is 18.4 Å². The number of amides is 1. The van der Waals surface area contributed by atoms with E-state index in [-0.39, 0.29) is 19.1 Å². The molecule has 0 radical (unpaired) electrons. The van der Waals surface area contributed by atoms with E-state index in [0.29, 0.717) is 5.69 Å². The van der Waals surface area contributed by atoms with Crippen LogP contribution < -0.4 is 5.32 Å². The molecular formula is C13H19INO4P. The fourth-order valence-electron chi connectivity index (χ4n) is 1.56. The van der Waals surface area contributed by atoms with E-state index in [4.69, 9.17) is 9.05 Å². The molecule has 1 aromatic rings. The molecule has 0 aromatic heterocycles. The predicted molar refractivity (Wildman–Crippen MR) is 88.1 cm³/mol. The quantitative estimate of drug-likeness (QED) is 0.547. The topological polar surface area (TPSA) is 64.6 Å². The normalized spacial score (nSPS) is 13.0. The molecule has 112 valence electrons. The fourth-order valence-corrected chi connectivity index (χ4v) is 3.68. The van der Waals surface area contributed by atoms with E-state index >= 15 is 0 Å². The zero-order valence-electron chi connectivity index (χ0n) is 11.8. The molecule has 0 aliphatic carbocycles. The summed E-state index contributed by atoms with van der Waals surface area (Å²) in [5.74, 6) is -0.376. The van der Waals surface area contributed by atoms with Crippen molar-refractivity contribution >= 4 is 41.8 Å². The van der Waals surface area contributed by atoms with E-state index in [1.165, 1.54) is 0 Å². The second kappa shape index (κ2) is 8.12. The lowest BCUT2D eigenvalue weighted by Crippen LogP contribution is -2.27. The molecule has 0 aliphatic rings. The second-order valence-electron chi connectivity index (χ2n) is 4.02. The van der Waals surface area contributed by atoms with Gasteiger partial charge in [-0.15, -0.1) is 0 Å². The van der Waals surface area contributed by atoms with Gasteiger partial charge < -0.3 is 14.4 Å². The summed E-state index contributed by atoms with van der Waals surface area (Å²) in [5, 5.41) is 2.75. The summed E-state index contributed by atoms with van der Waals surface area (Å²) in [7, 11) is -3.43. The van der Waals surface area contributed by atoms with Crippen molar-refractivity contribution in [1.29, 1.82) is 0 Å². The van der Waals surface area contributed by atoms with Crippen LogP contribution in [0.3, 0.4) is 0 Å². The van der Waals surface area contributed by atoms with Crippen LogP contribution in [0.5, 0.6) is 0 Å². The smallest absolute Gasteiger partial charge is 0.324 e. The first-order valence-electron chi connectivity index (χ1n) is 6.38. The van der Waals surface area contributed by atoms with E-state index < -0.39 is 13.3 Å². The van der Waals surface area contributed by atoms with Crippen LogP contribution in [0, 0.1) is 3.57 Å². The summed E-state index contributed by atoms with van der Waals surface area (Å²) in [5.41, 5.74) is -0.178. The van der Waals surface area contributed by atoms with E-state index in [2.05, 4.69) is 27.9 Å². The van der Waals surface area contributed by atoms with Gasteiger partial charge in [0.2, 0.25) is 5.91 Å². The number of carbonyl (C=O) groups is 1. The maximum absolute atomic E-state index is 12.5. The molecule has 0 aliphatic heterocycles. The molecule has 20 heavy (non-hydrogen) atoms. The first-order valence-corrected chi connectivity index (χ1v) is 9.07. The van der Waals surface area contributed by atoms with Gasteiger partial charge in [-0.1, -0.05) is 12.1 Å². The van der Waals surface area contributed by atoms with Crippen molar-refractivity contribution in [3.63, 3.8) is 0 Å². The molecule has 0 heterocycles. The van der Waals surface area contributed by atoms with Gasteiger partial charge in [0.15, 0.2) is 0 Å². The van der Waals surface area contributed by atoms with Crippen LogP contribution in [0.15, 0.2) is 24.3 Å². The van der Waals surface area contributed by atoms with Crippen LogP contribution >= 0.6 is 30.2 Å². The average Bonchev–Trinajstić information content (AvgIpc) is 2.41. The lowest BCUT2D eigenvalue weighted by atomic mass is 10.3. The molecule has 0 bridgehead atoms. The van der Waals surface area contributed by atoms with Crippen LogP contribution in [0.1, 0.15) is 20.8 Å². The Morgan fingerprint density at radius 3 is 2.35 bits per heavy atom. The number of rotatable bonds is 7. The van der Waals surface area contributed by atoms with Crippen molar-refractivity contribution in [3.8, 4) is 0 Å². The Hall–Kier alpha value is -0.430. The van der Waals surface area contributed by atoms with Gasteiger partial charge in [-0.05, 0) is 55.5 Å². The first kappa shape index (κ1) is 17.6. The van der Waals surface area contributed by atoms with Crippen LogP contribution in [-0.4, -0.2) is 24.8 Å². The van der Waals surface area contributed by atoms with Gasteiger partial charge in [0.25, 0.3) is 0 Å². The zero-order valence-corrected chi connectivity index (χ0v) is 14.8. The van der Waals surface area contributed by atoms with E-state index in [9.17, 15) is 9.36 Å². The Balaban J connectivity index is 2.85. The molecular weight excluding hydrogens is 392 g/mol. The van der Waals surface area contributed by atoms with Crippen LogP contribution in [0.25, 0.3) is 0 Å². The molecule has 0 saturated heterocycles. The fraction of sp³-hybridized carbons (Fsp3) is 0.462. The van der Waals surface area contributed by atoms with E-state index in [1.807, 2.05) is 18.2 Å².